The van der Waals surface area contributed by atoms with E-state index in [9.17, 15) is 9.59 Å². The minimum absolute atomic E-state index is 0.213. The van der Waals surface area contributed by atoms with Crippen LogP contribution >= 0.6 is 0 Å². The van der Waals surface area contributed by atoms with Crippen molar-refractivity contribution in [1.82, 2.24) is 14.9 Å². The Bertz CT molecular complexity index is 1030. The largest absolute Gasteiger partial charge is 0.448 e. The van der Waals surface area contributed by atoms with Crippen molar-refractivity contribution in [2.45, 2.75) is 51.8 Å². The molecule has 29 heavy (non-hydrogen) atoms. The van der Waals surface area contributed by atoms with Crippen molar-refractivity contribution in [3.8, 4) is 0 Å². The fourth-order valence-corrected chi connectivity index (χ4v) is 3.82. The lowest BCUT2D eigenvalue weighted by molar-refractivity contribution is -0.129. The number of fused-ring (bicyclic) bond motifs is 2. The van der Waals surface area contributed by atoms with E-state index in [0.29, 0.717) is 0 Å². The van der Waals surface area contributed by atoms with Crippen LogP contribution in [0.2, 0.25) is 0 Å². The number of amides is 1. The Morgan fingerprint density at radius 2 is 1.90 bits per heavy atom. The van der Waals surface area contributed by atoms with Crippen LogP contribution in [0.4, 0.5) is 0 Å². The first-order valence-corrected chi connectivity index (χ1v) is 10.1. The van der Waals surface area contributed by atoms with E-state index < -0.39 is 12.1 Å². The van der Waals surface area contributed by atoms with Crippen LogP contribution in [-0.4, -0.2) is 27.5 Å². The summed E-state index contributed by atoms with van der Waals surface area (Å²) in [6, 6.07) is 13.9. The summed E-state index contributed by atoms with van der Waals surface area (Å²) < 4.78 is 7.37. The molecule has 0 saturated heterocycles. The van der Waals surface area contributed by atoms with Gasteiger partial charge in [0.05, 0.1) is 6.04 Å². The van der Waals surface area contributed by atoms with Crippen molar-refractivity contribution >= 4 is 22.6 Å². The van der Waals surface area contributed by atoms with Gasteiger partial charge in [-0.15, -0.1) is 0 Å². The predicted molar refractivity (Wildman–Crippen MR) is 111 cm³/mol. The molecule has 1 aliphatic heterocycles. The molecule has 0 fully saturated rings. The van der Waals surface area contributed by atoms with Crippen LogP contribution in [0.1, 0.15) is 54.6 Å². The molecule has 6 nitrogen and oxygen atoms in total. The fourth-order valence-electron chi connectivity index (χ4n) is 3.82. The summed E-state index contributed by atoms with van der Waals surface area (Å²) in [4.78, 5) is 29.4. The lowest BCUT2D eigenvalue weighted by Crippen LogP contribution is -2.37. The number of ether oxygens (including phenoxy) is 1. The van der Waals surface area contributed by atoms with Gasteiger partial charge in [-0.05, 0) is 43.0 Å². The van der Waals surface area contributed by atoms with Crippen molar-refractivity contribution < 1.29 is 14.3 Å². The third-order valence-electron chi connectivity index (χ3n) is 5.42. The van der Waals surface area contributed by atoms with E-state index in [-0.39, 0.29) is 17.6 Å². The second-order valence-corrected chi connectivity index (χ2v) is 7.54. The Morgan fingerprint density at radius 1 is 1.10 bits per heavy atom. The second-order valence-electron chi connectivity index (χ2n) is 7.54. The van der Waals surface area contributed by atoms with Gasteiger partial charge in [0.15, 0.2) is 11.8 Å². The summed E-state index contributed by atoms with van der Waals surface area (Å²) >= 11 is 0. The van der Waals surface area contributed by atoms with E-state index >= 15 is 0 Å². The minimum Gasteiger partial charge on any atom is -0.448 e. The van der Waals surface area contributed by atoms with Crippen molar-refractivity contribution in [2.75, 3.05) is 0 Å². The summed E-state index contributed by atoms with van der Waals surface area (Å²) in [5.41, 5.74) is 1.29. The number of carbonyl (C=O) groups excluding carboxylic acids is 2. The fraction of sp³-hybridized carbons (Fsp3) is 0.348. The number of carbonyl (C=O) groups is 2. The normalized spacial score (nSPS) is 15.4. The van der Waals surface area contributed by atoms with E-state index in [1.54, 1.807) is 13.1 Å². The Kier molecular flexibility index (Phi) is 5.34. The number of nitrogens with zero attached hydrogens (tertiary/aromatic N) is 2. The quantitative estimate of drug-likeness (QED) is 0.672. The molecule has 0 spiro atoms. The zero-order valence-corrected chi connectivity index (χ0v) is 16.7. The van der Waals surface area contributed by atoms with Gasteiger partial charge in [-0.3, -0.25) is 4.79 Å². The van der Waals surface area contributed by atoms with Crippen LogP contribution in [0.25, 0.3) is 10.8 Å². The predicted octanol–water partition coefficient (Wildman–Crippen LogP) is 3.80. The standard InChI is InChI=1S/C23H25N3O3/c1-15(18-11-7-9-17-8-3-4-10-19(17)18)24-22(27)16(2)29-23(28)20-14-26-13-6-5-12-21(26)25-20/h3-4,7-11,14-16H,5-6,12-13H2,1-2H3,(H,24,27). The van der Waals surface area contributed by atoms with Gasteiger partial charge in [-0.1, -0.05) is 42.5 Å². The lowest BCUT2D eigenvalue weighted by Gasteiger charge is -2.19. The number of aromatic nitrogens is 2. The zero-order valence-electron chi connectivity index (χ0n) is 16.7. The highest BCUT2D eigenvalue weighted by atomic mass is 16.5. The molecule has 150 valence electrons. The molecule has 2 atom stereocenters. The molecule has 1 aromatic heterocycles. The Morgan fingerprint density at radius 3 is 2.72 bits per heavy atom. The molecular formula is C23H25N3O3. The first kappa shape index (κ1) is 19.2. The summed E-state index contributed by atoms with van der Waals surface area (Å²) in [6.07, 6.45) is 3.85. The highest BCUT2D eigenvalue weighted by molar-refractivity contribution is 5.91. The van der Waals surface area contributed by atoms with Gasteiger partial charge in [-0.2, -0.15) is 0 Å². The van der Waals surface area contributed by atoms with Gasteiger partial charge in [0.25, 0.3) is 5.91 Å². The average Bonchev–Trinajstić information content (AvgIpc) is 3.17. The maximum Gasteiger partial charge on any atom is 0.359 e. The number of esters is 1. The van der Waals surface area contributed by atoms with Gasteiger partial charge >= 0.3 is 5.97 Å². The van der Waals surface area contributed by atoms with Crippen molar-refractivity contribution in [3.63, 3.8) is 0 Å². The van der Waals surface area contributed by atoms with Crippen molar-refractivity contribution in [3.05, 3.63) is 65.7 Å². The lowest BCUT2D eigenvalue weighted by atomic mass is 9.99. The molecule has 1 amide bonds. The highest BCUT2D eigenvalue weighted by Gasteiger charge is 2.24. The number of hydrogen-bond acceptors (Lipinski definition) is 4. The third-order valence-corrected chi connectivity index (χ3v) is 5.42. The monoisotopic (exact) mass is 391 g/mol. The van der Waals surface area contributed by atoms with Crippen molar-refractivity contribution in [2.24, 2.45) is 0 Å². The molecule has 0 aliphatic carbocycles. The number of rotatable bonds is 5. The SMILES string of the molecule is CC(OC(=O)c1cn2c(n1)CCCC2)C(=O)NC(C)c1cccc2ccccc12. The zero-order chi connectivity index (χ0) is 20.4. The molecule has 2 unspecified atom stereocenters. The minimum atomic E-state index is -0.904. The molecule has 1 aliphatic rings. The number of hydrogen-bond donors (Lipinski definition) is 1. The highest BCUT2D eigenvalue weighted by Crippen LogP contribution is 2.24. The molecule has 3 aromatic rings. The molecule has 6 heteroatoms. The molecule has 0 radical (unpaired) electrons. The first-order valence-electron chi connectivity index (χ1n) is 10.1. The van der Waals surface area contributed by atoms with Crippen LogP contribution in [0, 0.1) is 0 Å². The second kappa shape index (κ2) is 8.07. The van der Waals surface area contributed by atoms with Gasteiger partial charge in [0.1, 0.15) is 5.82 Å². The van der Waals surface area contributed by atoms with Crippen LogP contribution in [0.15, 0.2) is 48.7 Å². The number of benzene rings is 2. The molecule has 2 heterocycles. The molecule has 0 saturated carbocycles. The van der Waals surface area contributed by atoms with Crippen LogP contribution in [-0.2, 0) is 22.5 Å². The summed E-state index contributed by atoms with van der Waals surface area (Å²) in [5.74, 6) is 0.0139. The molecule has 4 rings (SSSR count). The van der Waals surface area contributed by atoms with E-state index in [0.717, 1.165) is 48.0 Å². The van der Waals surface area contributed by atoms with Gasteiger partial charge < -0.3 is 14.6 Å². The van der Waals surface area contributed by atoms with Crippen LogP contribution < -0.4 is 5.32 Å². The smallest absolute Gasteiger partial charge is 0.359 e. The van der Waals surface area contributed by atoms with E-state index in [2.05, 4.69) is 10.3 Å². The van der Waals surface area contributed by atoms with Gasteiger partial charge in [-0.25, -0.2) is 9.78 Å². The van der Waals surface area contributed by atoms with Crippen LogP contribution in [0.3, 0.4) is 0 Å². The van der Waals surface area contributed by atoms with Gasteiger partial charge in [0, 0.05) is 19.2 Å². The summed E-state index contributed by atoms with van der Waals surface area (Å²) in [6.45, 7) is 4.38. The Hall–Kier alpha value is -3.15. The third kappa shape index (κ3) is 4.01. The van der Waals surface area contributed by atoms with E-state index in [1.807, 2.05) is 54.0 Å². The van der Waals surface area contributed by atoms with E-state index in [4.69, 9.17) is 4.74 Å². The maximum atomic E-state index is 12.6. The summed E-state index contributed by atoms with van der Waals surface area (Å²) in [7, 11) is 0. The van der Waals surface area contributed by atoms with Crippen LogP contribution in [0.5, 0.6) is 0 Å². The summed E-state index contributed by atoms with van der Waals surface area (Å²) in [5, 5.41) is 5.17. The van der Waals surface area contributed by atoms with Gasteiger partial charge in [0.2, 0.25) is 0 Å². The molecule has 0 bridgehead atoms. The number of aryl methyl sites for hydroxylation is 2. The average molecular weight is 391 g/mol. The molecule has 1 N–H and O–H groups in total. The maximum absolute atomic E-state index is 12.6. The molecular weight excluding hydrogens is 366 g/mol. The Balaban J connectivity index is 1.41. The first-order chi connectivity index (χ1) is 14.0. The Labute approximate surface area is 169 Å². The number of nitrogens with one attached hydrogen (secondary N) is 1. The van der Waals surface area contributed by atoms with Crippen molar-refractivity contribution in [1.29, 1.82) is 0 Å². The van der Waals surface area contributed by atoms with E-state index in [1.165, 1.54) is 0 Å². The molecule has 2 aromatic carbocycles. The topological polar surface area (TPSA) is 73.2 Å². The number of imidazole rings is 1.